The highest BCUT2D eigenvalue weighted by molar-refractivity contribution is 5.82. The SMILES string of the molecule is N#CC1(C#N)CCC(=C(c2ccccc2)c2ccccc2)CC1(C#N)C#N. The van der Waals surface area contributed by atoms with Crippen molar-refractivity contribution in [3.8, 4) is 24.3 Å². The van der Waals surface area contributed by atoms with E-state index in [9.17, 15) is 21.0 Å². The van der Waals surface area contributed by atoms with Gasteiger partial charge in [-0.25, -0.2) is 0 Å². The van der Waals surface area contributed by atoms with Crippen LogP contribution in [0.2, 0.25) is 0 Å². The highest BCUT2D eigenvalue weighted by Crippen LogP contribution is 2.53. The summed E-state index contributed by atoms with van der Waals surface area (Å²) < 4.78 is 0. The summed E-state index contributed by atoms with van der Waals surface area (Å²) in [5.74, 6) is 0. The van der Waals surface area contributed by atoms with E-state index >= 15 is 0 Å². The lowest BCUT2D eigenvalue weighted by molar-refractivity contribution is 0.243. The average Bonchev–Trinajstić information content (AvgIpc) is 2.75. The molecular weight excluding hydrogens is 332 g/mol. The van der Waals surface area contributed by atoms with E-state index in [1.807, 2.05) is 84.9 Å². The second-order valence-corrected chi connectivity index (χ2v) is 6.65. The third kappa shape index (κ3) is 2.85. The number of benzene rings is 2. The summed E-state index contributed by atoms with van der Waals surface area (Å²) in [7, 11) is 0. The first-order valence-corrected chi connectivity index (χ1v) is 8.63. The summed E-state index contributed by atoms with van der Waals surface area (Å²) in [5.41, 5.74) is 0.583. The number of nitrogens with zero attached hydrogens (tertiary/aromatic N) is 4. The van der Waals surface area contributed by atoms with Crippen LogP contribution in [-0.2, 0) is 0 Å². The minimum atomic E-state index is -1.68. The lowest BCUT2D eigenvalue weighted by Gasteiger charge is -2.37. The molecule has 4 heteroatoms. The minimum Gasteiger partial charge on any atom is -0.196 e. The fourth-order valence-electron chi connectivity index (χ4n) is 3.73. The lowest BCUT2D eigenvalue weighted by atomic mass is 9.56. The molecule has 1 aliphatic rings. The minimum absolute atomic E-state index is 0.0836. The zero-order chi connectivity index (χ0) is 19.3. The molecule has 0 radical (unpaired) electrons. The third-order valence-electron chi connectivity index (χ3n) is 5.25. The third-order valence-corrected chi connectivity index (χ3v) is 5.25. The Hall–Kier alpha value is -3.86. The smallest absolute Gasteiger partial charge is 0.179 e. The Morgan fingerprint density at radius 2 is 1.11 bits per heavy atom. The van der Waals surface area contributed by atoms with Crippen LogP contribution in [0.5, 0.6) is 0 Å². The fourth-order valence-corrected chi connectivity index (χ4v) is 3.73. The molecule has 0 aromatic heterocycles. The zero-order valence-corrected chi connectivity index (χ0v) is 14.7. The Morgan fingerprint density at radius 1 is 0.667 bits per heavy atom. The van der Waals surface area contributed by atoms with Gasteiger partial charge in [0.05, 0.1) is 24.3 Å². The molecule has 2 aromatic carbocycles. The van der Waals surface area contributed by atoms with Gasteiger partial charge in [0.2, 0.25) is 0 Å². The Labute approximate surface area is 158 Å². The Bertz CT molecular complexity index is 969. The first-order valence-electron chi connectivity index (χ1n) is 8.63. The van der Waals surface area contributed by atoms with E-state index in [0.717, 1.165) is 22.3 Å². The molecule has 2 aromatic rings. The fraction of sp³-hybridized carbons (Fsp3) is 0.217. The summed E-state index contributed by atoms with van der Waals surface area (Å²) in [4.78, 5) is 0. The van der Waals surface area contributed by atoms with Gasteiger partial charge in [0.1, 0.15) is 0 Å². The summed E-state index contributed by atoms with van der Waals surface area (Å²) in [5, 5.41) is 38.8. The molecule has 0 spiro atoms. The standard InChI is InChI=1S/C23H16N4/c24-14-22(15-25)12-11-20(13-23(22,16-26)17-27)21(18-7-3-1-4-8-18)19-9-5-2-6-10-19/h1-10H,11-13H2. The molecular formula is C23H16N4. The predicted octanol–water partition coefficient (Wildman–Crippen LogP) is 4.74. The topological polar surface area (TPSA) is 95.2 Å². The number of nitriles is 4. The second kappa shape index (κ2) is 7.17. The van der Waals surface area contributed by atoms with Crippen molar-refractivity contribution in [2.75, 3.05) is 0 Å². The summed E-state index contributed by atoms with van der Waals surface area (Å²) in [6, 6.07) is 27.6. The molecule has 0 N–H and O–H groups in total. The van der Waals surface area contributed by atoms with Crippen LogP contribution in [0.3, 0.4) is 0 Å². The average molecular weight is 348 g/mol. The first kappa shape index (κ1) is 17.9. The van der Waals surface area contributed by atoms with Crippen molar-refractivity contribution < 1.29 is 0 Å². The zero-order valence-electron chi connectivity index (χ0n) is 14.7. The Kier molecular flexibility index (Phi) is 4.77. The number of hydrogen-bond donors (Lipinski definition) is 0. The molecule has 1 saturated carbocycles. The van der Waals surface area contributed by atoms with E-state index in [1.54, 1.807) is 0 Å². The van der Waals surface area contributed by atoms with Crippen LogP contribution in [-0.4, -0.2) is 0 Å². The molecule has 0 bridgehead atoms. The maximum Gasteiger partial charge on any atom is 0.179 e. The molecule has 128 valence electrons. The highest BCUT2D eigenvalue weighted by Gasteiger charge is 2.57. The second-order valence-electron chi connectivity index (χ2n) is 6.65. The number of allylic oxidation sites excluding steroid dienone is 1. The highest BCUT2D eigenvalue weighted by atomic mass is 14.6. The van der Waals surface area contributed by atoms with Crippen LogP contribution < -0.4 is 0 Å². The maximum absolute atomic E-state index is 9.78. The van der Waals surface area contributed by atoms with E-state index < -0.39 is 10.8 Å². The van der Waals surface area contributed by atoms with Crippen molar-refractivity contribution in [3.05, 3.63) is 77.4 Å². The van der Waals surface area contributed by atoms with Gasteiger partial charge in [-0.05, 0) is 29.5 Å². The van der Waals surface area contributed by atoms with Crippen LogP contribution in [0, 0.1) is 56.2 Å². The van der Waals surface area contributed by atoms with Gasteiger partial charge < -0.3 is 0 Å². The summed E-state index contributed by atoms with van der Waals surface area (Å²) in [6.45, 7) is 0. The van der Waals surface area contributed by atoms with Crippen molar-refractivity contribution in [1.82, 2.24) is 0 Å². The van der Waals surface area contributed by atoms with Crippen molar-refractivity contribution in [2.45, 2.75) is 19.3 Å². The van der Waals surface area contributed by atoms with Crippen molar-refractivity contribution in [1.29, 1.82) is 21.0 Å². The van der Waals surface area contributed by atoms with Gasteiger partial charge in [0.25, 0.3) is 0 Å². The molecule has 0 aliphatic heterocycles. The largest absolute Gasteiger partial charge is 0.196 e. The van der Waals surface area contributed by atoms with Crippen LogP contribution >= 0.6 is 0 Å². The molecule has 0 atom stereocenters. The monoisotopic (exact) mass is 348 g/mol. The van der Waals surface area contributed by atoms with Gasteiger partial charge in [0.15, 0.2) is 10.8 Å². The van der Waals surface area contributed by atoms with E-state index in [4.69, 9.17) is 0 Å². The van der Waals surface area contributed by atoms with E-state index in [0.29, 0.717) is 6.42 Å². The van der Waals surface area contributed by atoms with Gasteiger partial charge in [-0.15, -0.1) is 0 Å². The Balaban J connectivity index is 2.24. The normalized spacial score (nSPS) is 16.8. The first-order chi connectivity index (χ1) is 13.1. The molecule has 0 heterocycles. The van der Waals surface area contributed by atoms with Crippen molar-refractivity contribution in [2.24, 2.45) is 10.8 Å². The lowest BCUT2D eigenvalue weighted by Crippen LogP contribution is -2.42. The van der Waals surface area contributed by atoms with Crippen molar-refractivity contribution in [3.63, 3.8) is 0 Å². The van der Waals surface area contributed by atoms with Gasteiger partial charge in [-0.3, -0.25) is 0 Å². The quantitative estimate of drug-likeness (QED) is 0.783. The van der Waals surface area contributed by atoms with Crippen LogP contribution in [0.25, 0.3) is 5.57 Å². The Morgan fingerprint density at radius 3 is 1.52 bits per heavy atom. The van der Waals surface area contributed by atoms with Crippen LogP contribution in [0.4, 0.5) is 0 Å². The maximum atomic E-state index is 9.78. The molecule has 0 amide bonds. The predicted molar refractivity (Wildman–Crippen MR) is 100 cm³/mol. The summed E-state index contributed by atoms with van der Waals surface area (Å²) in [6.07, 6.45) is 0.741. The molecule has 0 unspecified atom stereocenters. The van der Waals surface area contributed by atoms with Gasteiger partial charge in [-0.2, -0.15) is 21.0 Å². The number of hydrogen-bond acceptors (Lipinski definition) is 4. The molecule has 1 aliphatic carbocycles. The van der Waals surface area contributed by atoms with Crippen molar-refractivity contribution >= 4 is 5.57 Å². The molecule has 4 nitrogen and oxygen atoms in total. The van der Waals surface area contributed by atoms with Gasteiger partial charge in [0, 0.05) is 6.42 Å². The van der Waals surface area contributed by atoms with Gasteiger partial charge in [-0.1, -0.05) is 66.2 Å². The molecule has 3 rings (SSSR count). The van der Waals surface area contributed by atoms with Gasteiger partial charge >= 0.3 is 0 Å². The molecule has 27 heavy (non-hydrogen) atoms. The molecule has 0 saturated heterocycles. The van der Waals surface area contributed by atoms with E-state index in [1.165, 1.54) is 0 Å². The number of rotatable bonds is 2. The van der Waals surface area contributed by atoms with Crippen LogP contribution in [0.15, 0.2) is 66.2 Å². The summed E-state index contributed by atoms with van der Waals surface area (Å²) >= 11 is 0. The van der Waals surface area contributed by atoms with E-state index in [-0.39, 0.29) is 12.8 Å². The molecule has 1 fully saturated rings. The van der Waals surface area contributed by atoms with E-state index in [2.05, 4.69) is 0 Å². The van der Waals surface area contributed by atoms with Crippen LogP contribution in [0.1, 0.15) is 30.4 Å².